The maximum atomic E-state index is 12.8. The Labute approximate surface area is 90.7 Å². The lowest BCUT2D eigenvalue weighted by atomic mass is 10.2. The van der Waals surface area contributed by atoms with Gasteiger partial charge in [0.25, 0.3) is 6.43 Å². The summed E-state index contributed by atoms with van der Waals surface area (Å²) in [6, 6.07) is 3.42. The van der Waals surface area contributed by atoms with Crippen LogP contribution in [0.1, 0.15) is 5.56 Å². The molecule has 0 aromatic heterocycles. The first-order valence-corrected chi connectivity index (χ1v) is 4.43. The Morgan fingerprint density at radius 1 is 1.38 bits per heavy atom. The van der Waals surface area contributed by atoms with E-state index in [1.54, 1.807) is 0 Å². The zero-order valence-corrected chi connectivity index (χ0v) is 8.21. The van der Waals surface area contributed by atoms with Crippen LogP contribution in [0.5, 0.6) is 5.75 Å². The molecule has 0 unspecified atom stereocenters. The molecule has 0 atom stereocenters. The molecule has 1 aromatic rings. The summed E-state index contributed by atoms with van der Waals surface area (Å²) in [5.41, 5.74) is 0.260. The van der Waals surface area contributed by atoms with Gasteiger partial charge in [0.05, 0.1) is 5.56 Å². The Kier molecular flexibility index (Phi) is 4.67. The summed E-state index contributed by atoms with van der Waals surface area (Å²) in [4.78, 5) is 0. The topological polar surface area (TPSA) is 29.5 Å². The Hall–Kier alpha value is -1.67. The number of benzene rings is 1. The minimum Gasteiger partial charge on any atom is -0.486 e. The average molecular weight is 230 g/mol. The maximum absolute atomic E-state index is 12.8. The molecule has 0 heterocycles. The number of ether oxygens (including phenoxy) is 1. The van der Waals surface area contributed by atoms with E-state index in [2.05, 4.69) is 11.8 Å². The molecular formula is C11H9F3O2. The molecule has 1 rings (SSSR count). The lowest BCUT2D eigenvalue weighted by Gasteiger charge is -2.07. The first kappa shape index (κ1) is 12.4. The van der Waals surface area contributed by atoms with E-state index in [-0.39, 0.29) is 17.9 Å². The smallest absolute Gasteiger partial charge is 0.272 e. The average Bonchev–Trinajstić information content (AvgIpc) is 2.25. The Morgan fingerprint density at radius 3 is 2.75 bits per heavy atom. The van der Waals surface area contributed by atoms with Gasteiger partial charge in [0.15, 0.2) is 0 Å². The highest BCUT2D eigenvalue weighted by atomic mass is 19.3. The van der Waals surface area contributed by atoms with Gasteiger partial charge < -0.3 is 9.84 Å². The van der Waals surface area contributed by atoms with Crippen LogP contribution in [0.15, 0.2) is 18.2 Å². The molecule has 0 saturated carbocycles. The van der Waals surface area contributed by atoms with Crippen LogP contribution >= 0.6 is 0 Å². The number of aliphatic hydroxyl groups is 1. The molecule has 16 heavy (non-hydrogen) atoms. The van der Waals surface area contributed by atoms with Crippen molar-refractivity contribution in [2.24, 2.45) is 0 Å². The molecule has 0 aliphatic heterocycles. The van der Waals surface area contributed by atoms with Crippen molar-refractivity contribution in [2.45, 2.75) is 6.43 Å². The second-order valence-corrected chi connectivity index (χ2v) is 2.80. The van der Waals surface area contributed by atoms with E-state index in [0.29, 0.717) is 0 Å². The SMILES string of the molecule is OCC#Cc1ccc(F)cc1OCC(F)F. The summed E-state index contributed by atoms with van der Waals surface area (Å²) in [6.07, 6.45) is -2.64. The lowest BCUT2D eigenvalue weighted by Crippen LogP contribution is -2.08. The fourth-order valence-corrected chi connectivity index (χ4v) is 1.01. The second-order valence-electron chi connectivity index (χ2n) is 2.80. The standard InChI is InChI=1S/C11H9F3O2/c12-9-4-3-8(2-1-5-15)10(6-9)16-7-11(13)14/h3-4,6,11,15H,5,7H2. The number of rotatable bonds is 3. The summed E-state index contributed by atoms with van der Waals surface area (Å²) < 4.78 is 41.4. The van der Waals surface area contributed by atoms with Crippen LogP contribution in [0, 0.1) is 17.7 Å². The molecule has 86 valence electrons. The van der Waals surface area contributed by atoms with E-state index < -0.39 is 18.8 Å². The minimum absolute atomic E-state index is 0.0544. The van der Waals surface area contributed by atoms with Crippen LogP contribution in [-0.2, 0) is 0 Å². The normalized spacial score (nSPS) is 9.81. The molecule has 0 aliphatic rings. The molecule has 1 aromatic carbocycles. The van der Waals surface area contributed by atoms with Crippen molar-refractivity contribution in [3.63, 3.8) is 0 Å². The van der Waals surface area contributed by atoms with Gasteiger partial charge in [-0.25, -0.2) is 13.2 Å². The number of aliphatic hydroxyl groups excluding tert-OH is 1. The third kappa shape index (κ3) is 3.83. The summed E-state index contributed by atoms with van der Waals surface area (Å²) in [5.74, 6) is 4.15. The van der Waals surface area contributed by atoms with Gasteiger partial charge in [0, 0.05) is 6.07 Å². The van der Waals surface area contributed by atoms with Crippen molar-refractivity contribution in [3.05, 3.63) is 29.6 Å². The van der Waals surface area contributed by atoms with Gasteiger partial charge in [-0.3, -0.25) is 0 Å². The van der Waals surface area contributed by atoms with E-state index in [4.69, 9.17) is 9.84 Å². The largest absolute Gasteiger partial charge is 0.486 e. The monoisotopic (exact) mass is 230 g/mol. The number of alkyl halides is 2. The predicted octanol–water partition coefficient (Wildman–Crippen LogP) is 1.81. The van der Waals surface area contributed by atoms with Crippen molar-refractivity contribution in [2.75, 3.05) is 13.2 Å². The molecule has 2 nitrogen and oxygen atoms in total. The van der Waals surface area contributed by atoms with Gasteiger partial charge in [-0.2, -0.15) is 0 Å². The fourth-order valence-electron chi connectivity index (χ4n) is 1.01. The first-order chi connectivity index (χ1) is 7.63. The van der Waals surface area contributed by atoms with Gasteiger partial charge in [0.2, 0.25) is 0 Å². The lowest BCUT2D eigenvalue weighted by molar-refractivity contribution is 0.0816. The molecular weight excluding hydrogens is 221 g/mol. The van der Waals surface area contributed by atoms with E-state index >= 15 is 0 Å². The van der Waals surface area contributed by atoms with Gasteiger partial charge >= 0.3 is 0 Å². The number of hydrogen-bond acceptors (Lipinski definition) is 2. The Morgan fingerprint density at radius 2 is 2.12 bits per heavy atom. The van der Waals surface area contributed by atoms with Crippen molar-refractivity contribution in [3.8, 4) is 17.6 Å². The molecule has 0 bridgehead atoms. The maximum Gasteiger partial charge on any atom is 0.272 e. The molecule has 0 spiro atoms. The molecule has 0 amide bonds. The molecule has 0 radical (unpaired) electrons. The minimum atomic E-state index is -2.64. The third-order valence-electron chi connectivity index (χ3n) is 1.61. The number of hydrogen-bond donors (Lipinski definition) is 1. The van der Waals surface area contributed by atoms with Crippen LogP contribution in [-0.4, -0.2) is 24.7 Å². The zero-order valence-electron chi connectivity index (χ0n) is 8.21. The highest BCUT2D eigenvalue weighted by Gasteiger charge is 2.07. The van der Waals surface area contributed by atoms with Crippen LogP contribution in [0.4, 0.5) is 13.2 Å². The molecule has 1 N–H and O–H groups in total. The first-order valence-electron chi connectivity index (χ1n) is 4.43. The summed E-state index contributed by atoms with van der Waals surface area (Å²) >= 11 is 0. The predicted molar refractivity (Wildman–Crippen MR) is 51.9 cm³/mol. The van der Waals surface area contributed by atoms with Crippen molar-refractivity contribution in [1.29, 1.82) is 0 Å². The highest BCUT2D eigenvalue weighted by Crippen LogP contribution is 2.19. The van der Waals surface area contributed by atoms with Crippen LogP contribution in [0.3, 0.4) is 0 Å². The highest BCUT2D eigenvalue weighted by molar-refractivity contribution is 5.46. The van der Waals surface area contributed by atoms with Gasteiger partial charge in [-0.1, -0.05) is 11.8 Å². The van der Waals surface area contributed by atoms with E-state index in [1.807, 2.05) is 0 Å². The molecule has 0 aliphatic carbocycles. The second kappa shape index (κ2) is 6.03. The van der Waals surface area contributed by atoms with E-state index in [1.165, 1.54) is 6.07 Å². The van der Waals surface area contributed by atoms with Gasteiger partial charge in [-0.05, 0) is 12.1 Å². The van der Waals surface area contributed by atoms with Crippen LogP contribution in [0.25, 0.3) is 0 Å². The van der Waals surface area contributed by atoms with Crippen LogP contribution in [0.2, 0.25) is 0 Å². The molecule has 0 fully saturated rings. The molecule has 5 heteroatoms. The van der Waals surface area contributed by atoms with Crippen molar-refractivity contribution < 1.29 is 23.0 Å². The number of halogens is 3. The van der Waals surface area contributed by atoms with E-state index in [0.717, 1.165) is 12.1 Å². The van der Waals surface area contributed by atoms with E-state index in [9.17, 15) is 13.2 Å². The third-order valence-corrected chi connectivity index (χ3v) is 1.61. The van der Waals surface area contributed by atoms with Crippen molar-refractivity contribution in [1.82, 2.24) is 0 Å². The fraction of sp³-hybridized carbons (Fsp3) is 0.273. The summed E-state index contributed by atoms with van der Waals surface area (Å²) in [6.45, 7) is -1.19. The summed E-state index contributed by atoms with van der Waals surface area (Å²) in [5, 5.41) is 8.48. The summed E-state index contributed by atoms with van der Waals surface area (Å²) in [7, 11) is 0. The molecule has 0 saturated heterocycles. The van der Waals surface area contributed by atoms with Crippen molar-refractivity contribution >= 4 is 0 Å². The van der Waals surface area contributed by atoms with Gasteiger partial charge in [0.1, 0.15) is 24.8 Å². The Balaban J connectivity index is 2.89. The van der Waals surface area contributed by atoms with Crippen LogP contribution < -0.4 is 4.74 Å². The zero-order chi connectivity index (χ0) is 12.0. The quantitative estimate of drug-likeness (QED) is 0.802. The van der Waals surface area contributed by atoms with Gasteiger partial charge in [-0.15, -0.1) is 0 Å². The Bertz CT molecular complexity index is 407.